The predicted molar refractivity (Wildman–Crippen MR) is 270 cm³/mol. The Morgan fingerprint density at radius 1 is 0.915 bits per heavy atom. The Hall–Kier alpha value is -6.43. The number of hydrogen-bond donors (Lipinski definition) is 2. The van der Waals surface area contributed by atoms with Crippen LogP contribution in [0, 0.1) is 5.92 Å². The van der Waals surface area contributed by atoms with Crippen molar-refractivity contribution in [2.24, 2.45) is 5.92 Å². The monoisotopic (exact) mass is 992 g/mol. The van der Waals surface area contributed by atoms with E-state index in [1.165, 1.54) is 12.1 Å². The zero-order valence-corrected chi connectivity index (χ0v) is 43.1. The number of esters is 1. The van der Waals surface area contributed by atoms with E-state index in [4.69, 9.17) is 32.5 Å². The fraction of sp³-hybridized carbons (Fsp3) is 0.463. The molecule has 2 aromatic heterocycles. The second-order valence-electron chi connectivity index (χ2n) is 20.8. The highest BCUT2D eigenvalue weighted by Gasteiger charge is 2.41. The van der Waals surface area contributed by atoms with Gasteiger partial charge in [-0.05, 0) is 137 Å². The molecule has 16 nitrogen and oxygen atoms in total. The molecule has 8 rings (SSSR count). The molecule has 2 bridgehead atoms. The summed E-state index contributed by atoms with van der Waals surface area (Å²) in [6, 6.07) is 26.3. The number of rotatable bonds is 20. The van der Waals surface area contributed by atoms with E-state index >= 15 is 0 Å². The Bertz CT molecular complexity index is 2680. The van der Waals surface area contributed by atoms with Gasteiger partial charge in [-0.15, -0.1) is 0 Å². The number of amides is 2. The molecule has 3 atom stereocenters. The fourth-order valence-corrected chi connectivity index (χ4v) is 9.94. The lowest BCUT2D eigenvalue weighted by Crippen LogP contribution is -2.52. The van der Waals surface area contributed by atoms with E-state index in [2.05, 4.69) is 49.1 Å². The van der Waals surface area contributed by atoms with E-state index < -0.39 is 44.2 Å². The van der Waals surface area contributed by atoms with Crippen molar-refractivity contribution in [1.29, 1.82) is 0 Å². The summed E-state index contributed by atoms with van der Waals surface area (Å²) in [7, 11) is -2.50. The van der Waals surface area contributed by atoms with Crippen LogP contribution in [0.15, 0.2) is 100 Å². The highest BCUT2D eigenvalue weighted by Crippen LogP contribution is 2.42. The van der Waals surface area contributed by atoms with Crippen LogP contribution < -0.4 is 20.3 Å². The van der Waals surface area contributed by atoms with E-state index in [-0.39, 0.29) is 54.5 Å². The zero-order valence-electron chi connectivity index (χ0n) is 42.1. The van der Waals surface area contributed by atoms with Crippen molar-refractivity contribution >= 4 is 43.8 Å². The van der Waals surface area contributed by atoms with Gasteiger partial charge in [0.15, 0.2) is 14.1 Å². The van der Waals surface area contributed by atoms with Crippen LogP contribution in [0.3, 0.4) is 0 Å². The molecule has 3 fully saturated rings. The smallest absolute Gasteiger partial charge is 0.410 e. The van der Waals surface area contributed by atoms with Crippen molar-refractivity contribution in [3.05, 3.63) is 130 Å². The first kappa shape index (κ1) is 52.4. The molecule has 5 aromatic rings. The number of alkyl carbamates (subject to hydrolysis) is 1. The van der Waals surface area contributed by atoms with Gasteiger partial charge in [-0.1, -0.05) is 69.3 Å². The number of carbonyl (C=O) groups is 4. The second kappa shape index (κ2) is 22.8. The lowest BCUT2D eigenvalue weighted by atomic mass is 9.86. The van der Waals surface area contributed by atoms with Crippen LogP contribution in [0.2, 0.25) is 18.1 Å². The van der Waals surface area contributed by atoms with Gasteiger partial charge in [-0.3, -0.25) is 14.5 Å². The Kier molecular flexibility index (Phi) is 16.8. The minimum atomic E-state index is -2.50. The maximum absolute atomic E-state index is 13.9. The van der Waals surface area contributed by atoms with Crippen molar-refractivity contribution in [3.8, 4) is 11.5 Å². The maximum Gasteiger partial charge on any atom is 0.410 e. The predicted octanol–water partition coefficient (Wildman–Crippen LogP) is 10.1. The molecule has 3 aliphatic heterocycles. The number of hydrogen-bond acceptors (Lipinski definition) is 13. The number of aromatic amines is 1. The summed E-state index contributed by atoms with van der Waals surface area (Å²) in [5.74, 6) is 0.905. The van der Waals surface area contributed by atoms with Gasteiger partial charge in [-0.2, -0.15) is 0 Å². The van der Waals surface area contributed by atoms with Crippen LogP contribution >= 0.6 is 0 Å². The summed E-state index contributed by atoms with van der Waals surface area (Å²) >= 11 is 0. The number of nitrogens with one attached hydrogen (secondary N) is 2. The summed E-state index contributed by atoms with van der Waals surface area (Å²) in [6.07, 6.45) is 1.17. The third-order valence-electron chi connectivity index (χ3n) is 13.4. The summed E-state index contributed by atoms with van der Waals surface area (Å²) in [4.78, 5) is 70.9. The van der Waals surface area contributed by atoms with E-state index in [1.54, 1.807) is 49.9 Å². The number of ether oxygens (including phenoxy) is 5. The van der Waals surface area contributed by atoms with Crippen LogP contribution in [0.1, 0.15) is 112 Å². The van der Waals surface area contributed by atoms with Crippen LogP contribution in [-0.4, -0.2) is 98.8 Å². The number of fused-ring (bicyclic) bond motifs is 4. The fourth-order valence-electron chi connectivity index (χ4n) is 8.68. The minimum Gasteiger partial charge on any atom is -0.486 e. The lowest BCUT2D eigenvalue weighted by molar-refractivity contribution is -0.120. The zero-order chi connectivity index (χ0) is 50.9. The lowest BCUT2D eigenvalue weighted by Gasteiger charge is -2.43. The van der Waals surface area contributed by atoms with Crippen molar-refractivity contribution in [1.82, 2.24) is 20.1 Å². The molecule has 1 unspecified atom stereocenters. The number of piperidine rings is 3. The molecule has 0 spiro atoms. The Labute approximate surface area is 416 Å². The van der Waals surface area contributed by atoms with E-state index in [1.807, 2.05) is 54.6 Å². The van der Waals surface area contributed by atoms with Crippen molar-refractivity contribution in [3.63, 3.8) is 0 Å². The van der Waals surface area contributed by atoms with Crippen LogP contribution in [-0.2, 0) is 30.0 Å². The SMILES string of the molecule is CC(C)(C)OC(=O)N(CCCCOC(=O)c1ccc(COc2cccc(C(NC(=O)O[C@H]3CN4CCC3CC4)c3ccccc3)c2)o1)C[C@H](O[Si](C)(C)C(C)(C)C)c1ccc(OC=O)c2[nH]c(=O)ccc12. The van der Waals surface area contributed by atoms with E-state index in [0.29, 0.717) is 53.2 Å². The van der Waals surface area contributed by atoms with Crippen LogP contribution in [0.4, 0.5) is 9.59 Å². The van der Waals surface area contributed by atoms with E-state index in [0.717, 1.165) is 43.6 Å². The molecule has 0 aliphatic carbocycles. The van der Waals surface area contributed by atoms with Gasteiger partial charge >= 0.3 is 18.2 Å². The van der Waals surface area contributed by atoms with Crippen LogP contribution in [0.5, 0.6) is 11.5 Å². The molecule has 3 aliphatic rings. The van der Waals surface area contributed by atoms with Gasteiger partial charge in [0.25, 0.3) is 6.47 Å². The first-order chi connectivity index (χ1) is 33.8. The largest absolute Gasteiger partial charge is 0.486 e. The first-order valence-electron chi connectivity index (χ1n) is 24.4. The van der Waals surface area contributed by atoms with Crippen molar-refractivity contribution < 1.29 is 51.7 Å². The number of carbonyl (C=O) groups excluding carboxylic acids is 4. The van der Waals surface area contributed by atoms with Gasteiger partial charge in [-0.25, -0.2) is 14.4 Å². The number of furan rings is 1. The van der Waals surface area contributed by atoms with Gasteiger partial charge in [0.05, 0.1) is 30.8 Å². The summed E-state index contributed by atoms with van der Waals surface area (Å²) in [5, 5.41) is 3.51. The molecule has 2 N–H and O–H groups in total. The maximum atomic E-state index is 13.9. The van der Waals surface area contributed by atoms with Gasteiger partial charge < -0.3 is 47.7 Å². The molecule has 5 heterocycles. The van der Waals surface area contributed by atoms with Crippen molar-refractivity contribution in [2.45, 2.75) is 116 Å². The normalized spacial score (nSPS) is 17.7. The summed E-state index contributed by atoms with van der Waals surface area (Å²) in [6.45, 7) is 19.6. The number of H-pyrrole nitrogens is 1. The van der Waals surface area contributed by atoms with E-state index in [9.17, 15) is 24.0 Å². The Morgan fingerprint density at radius 2 is 1.66 bits per heavy atom. The molecule has 0 saturated carbocycles. The standard InChI is InChI=1S/C54H68N4O12Si/c1-53(2,3)69-52(63)58(33-46(70-71(7,8)54(4,5)6)41-20-23-43(66-35-59)49-42(41)21-24-47(60)55-49)27-12-13-30-64-50(61)44-22-19-40(67-44)34-65-39-18-14-17-38(31-39)48(37-15-10-9-11-16-37)56-51(62)68-45-32-57-28-25-36(45)26-29-57/h9-11,14-24,31,35-36,45-46,48H,12-13,25-30,32-34H2,1-8H3,(H,55,60)(H,56,62)/t45-,46-,48?/m0/s1. The highest BCUT2D eigenvalue weighted by atomic mass is 28.4. The average Bonchev–Trinajstić information content (AvgIpc) is 3.81. The van der Waals surface area contributed by atoms with Gasteiger partial charge in [0.1, 0.15) is 29.8 Å². The molecule has 0 radical (unpaired) electrons. The Morgan fingerprint density at radius 3 is 2.35 bits per heavy atom. The number of benzene rings is 3. The molecule has 380 valence electrons. The number of pyridine rings is 1. The molecule has 3 saturated heterocycles. The minimum absolute atomic E-state index is 0.0197. The van der Waals surface area contributed by atoms with Crippen molar-refractivity contribution in [2.75, 3.05) is 39.3 Å². The summed E-state index contributed by atoms with van der Waals surface area (Å²) < 4.78 is 41.7. The van der Waals surface area contributed by atoms with Gasteiger partial charge in [0.2, 0.25) is 11.3 Å². The molecule has 17 heteroatoms. The number of unbranched alkanes of at least 4 members (excludes halogenated alkanes) is 1. The highest BCUT2D eigenvalue weighted by molar-refractivity contribution is 6.74. The second-order valence-corrected chi connectivity index (χ2v) is 25.6. The molecule has 2 amide bonds. The molecule has 3 aromatic carbocycles. The molecule has 71 heavy (non-hydrogen) atoms. The Balaban J connectivity index is 0.961. The quantitative estimate of drug-likeness (QED) is 0.0247. The summed E-state index contributed by atoms with van der Waals surface area (Å²) in [5.41, 5.74) is 1.57. The molecular formula is C54H68N4O12Si. The average molecular weight is 993 g/mol. The molecular weight excluding hydrogens is 925 g/mol. The third-order valence-corrected chi connectivity index (χ3v) is 17.9. The number of aromatic nitrogens is 1. The van der Waals surface area contributed by atoms with Crippen LogP contribution in [0.25, 0.3) is 10.9 Å². The third kappa shape index (κ3) is 13.9. The number of nitrogens with zero attached hydrogens (tertiary/aromatic N) is 2. The topological polar surface area (TPSA) is 188 Å². The van der Waals surface area contributed by atoms with Gasteiger partial charge in [0, 0.05) is 24.5 Å². The first-order valence-corrected chi connectivity index (χ1v) is 27.3.